The van der Waals surface area contributed by atoms with Crippen LogP contribution in [0.1, 0.15) is 40.5 Å². The summed E-state index contributed by atoms with van der Waals surface area (Å²) in [5.74, 6) is 0.614. The molecule has 0 unspecified atom stereocenters. The fraction of sp³-hybridized carbons (Fsp3) is 0.375. The lowest BCUT2D eigenvalue weighted by Gasteiger charge is -2.21. The zero-order chi connectivity index (χ0) is 15.4. The van der Waals surface area contributed by atoms with Gasteiger partial charge in [-0.3, -0.25) is 9.78 Å². The van der Waals surface area contributed by atoms with E-state index < -0.39 is 0 Å². The van der Waals surface area contributed by atoms with Crippen LogP contribution in [0.15, 0.2) is 30.7 Å². The fourth-order valence-corrected chi connectivity index (χ4v) is 2.56. The third kappa shape index (κ3) is 3.46. The molecule has 0 aromatic carbocycles. The average Bonchev–Trinajstić information content (AvgIpc) is 2.56. The summed E-state index contributed by atoms with van der Waals surface area (Å²) in [6, 6.07) is 3.69. The summed E-state index contributed by atoms with van der Waals surface area (Å²) in [5.41, 5.74) is 2.28. The minimum Gasteiger partial charge on any atom is -0.316 e. The number of hydrogen-bond donors (Lipinski definition) is 2. The van der Waals surface area contributed by atoms with Gasteiger partial charge in [0.2, 0.25) is 0 Å². The first-order valence-electron chi connectivity index (χ1n) is 7.49. The normalized spacial score (nSPS) is 18.0. The van der Waals surface area contributed by atoms with Crippen LogP contribution in [0, 0.1) is 6.92 Å². The highest BCUT2D eigenvalue weighted by Crippen LogP contribution is 2.20. The van der Waals surface area contributed by atoms with Crippen molar-refractivity contribution >= 4 is 11.7 Å². The molecule has 2 aromatic heterocycles. The largest absolute Gasteiger partial charge is 0.316 e. The molecule has 2 N–H and O–H groups in total. The Bertz CT molecular complexity index is 650. The number of amides is 1. The standard InChI is InChI=1S/C16H19N5O/c1-11-4-6-18-15(7-11)21-16(22)14-10-19-13(9-20-14)12-3-2-5-17-8-12/h4,6-7,9-10,12,17H,2-3,5,8H2,1H3,(H,18,21,22)/t12-/m1/s1. The molecule has 1 fully saturated rings. The highest BCUT2D eigenvalue weighted by Gasteiger charge is 2.17. The Morgan fingerprint density at radius 2 is 2.23 bits per heavy atom. The van der Waals surface area contributed by atoms with Crippen LogP contribution in [0.25, 0.3) is 0 Å². The molecular formula is C16H19N5O. The van der Waals surface area contributed by atoms with Crippen LogP contribution >= 0.6 is 0 Å². The van der Waals surface area contributed by atoms with E-state index in [0.717, 1.165) is 37.2 Å². The maximum atomic E-state index is 12.1. The van der Waals surface area contributed by atoms with Gasteiger partial charge < -0.3 is 10.6 Å². The second kappa shape index (κ2) is 6.62. The van der Waals surface area contributed by atoms with Crippen LogP contribution in [0.5, 0.6) is 0 Å². The number of aryl methyl sites for hydroxylation is 1. The maximum absolute atomic E-state index is 12.1. The Balaban J connectivity index is 1.68. The van der Waals surface area contributed by atoms with Gasteiger partial charge in [-0.15, -0.1) is 0 Å². The Morgan fingerprint density at radius 3 is 2.91 bits per heavy atom. The molecule has 1 amide bonds. The van der Waals surface area contributed by atoms with Crippen LogP contribution in [-0.4, -0.2) is 33.9 Å². The molecule has 3 rings (SSSR count). The Labute approximate surface area is 129 Å². The molecule has 1 saturated heterocycles. The molecule has 6 heteroatoms. The molecule has 3 heterocycles. The smallest absolute Gasteiger partial charge is 0.277 e. The SMILES string of the molecule is Cc1ccnc(NC(=O)c2cnc([C@@H]3CCCNC3)cn2)c1. The number of aromatic nitrogens is 3. The molecule has 6 nitrogen and oxygen atoms in total. The van der Waals surface area contributed by atoms with Crippen molar-refractivity contribution in [2.45, 2.75) is 25.7 Å². The highest BCUT2D eigenvalue weighted by atomic mass is 16.1. The van der Waals surface area contributed by atoms with Gasteiger partial charge in [-0.25, -0.2) is 9.97 Å². The molecule has 1 atom stereocenters. The van der Waals surface area contributed by atoms with Gasteiger partial charge in [0.05, 0.1) is 11.9 Å². The van der Waals surface area contributed by atoms with Crippen molar-refractivity contribution in [3.05, 3.63) is 47.7 Å². The van der Waals surface area contributed by atoms with Gasteiger partial charge in [0, 0.05) is 24.9 Å². The quantitative estimate of drug-likeness (QED) is 0.904. The zero-order valence-electron chi connectivity index (χ0n) is 12.5. The van der Waals surface area contributed by atoms with Crippen molar-refractivity contribution < 1.29 is 4.79 Å². The van der Waals surface area contributed by atoms with Crippen LogP contribution in [0.2, 0.25) is 0 Å². The monoisotopic (exact) mass is 297 g/mol. The van der Waals surface area contributed by atoms with E-state index in [-0.39, 0.29) is 5.91 Å². The number of anilines is 1. The molecule has 1 aliphatic heterocycles. The van der Waals surface area contributed by atoms with Gasteiger partial charge in [0.1, 0.15) is 11.5 Å². The molecule has 2 aromatic rings. The van der Waals surface area contributed by atoms with Crippen molar-refractivity contribution in [3.63, 3.8) is 0 Å². The van der Waals surface area contributed by atoms with E-state index in [4.69, 9.17) is 0 Å². The third-order valence-electron chi connectivity index (χ3n) is 3.78. The van der Waals surface area contributed by atoms with Crippen LogP contribution in [0.4, 0.5) is 5.82 Å². The number of piperidine rings is 1. The number of nitrogens with zero attached hydrogens (tertiary/aromatic N) is 3. The number of hydrogen-bond acceptors (Lipinski definition) is 5. The topological polar surface area (TPSA) is 79.8 Å². The van der Waals surface area contributed by atoms with Crippen LogP contribution < -0.4 is 10.6 Å². The van der Waals surface area contributed by atoms with Crippen molar-refractivity contribution in [1.29, 1.82) is 0 Å². The Hall–Kier alpha value is -2.34. The van der Waals surface area contributed by atoms with E-state index in [1.54, 1.807) is 12.4 Å². The molecule has 0 bridgehead atoms. The lowest BCUT2D eigenvalue weighted by Crippen LogP contribution is -2.29. The summed E-state index contributed by atoms with van der Waals surface area (Å²) in [4.78, 5) is 24.9. The van der Waals surface area contributed by atoms with E-state index in [2.05, 4.69) is 25.6 Å². The minimum absolute atomic E-state index is 0.293. The van der Waals surface area contributed by atoms with Gasteiger partial charge in [0.25, 0.3) is 5.91 Å². The number of nitrogens with one attached hydrogen (secondary N) is 2. The summed E-state index contributed by atoms with van der Waals surface area (Å²) < 4.78 is 0. The van der Waals surface area contributed by atoms with E-state index in [1.165, 1.54) is 6.20 Å². The second-order valence-electron chi connectivity index (χ2n) is 5.54. The molecule has 22 heavy (non-hydrogen) atoms. The average molecular weight is 297 g/mol. The van der Waals surface area contributed by atoms with Crippen LogP contribution in [0.3, 0.4) is 0 Å². The predicted octanol–water partition coefficient (Wildman–Crippen LogP) is 1.90. The first-order chi connectivity index (χ1) is 10.7. The van der Waals surface area contributed by atoms with Crippen molar-refractivity contribution in [2.75, 3.05) is 18.4 Å². The number of rotatable bonds is 3. The lowest BCUT2D eigenvalue weighted by molar-refractivity contribution is 0.102. The molecule has 0 aliphatic carbocycles. The lowest BCUT2D eigenvalue weighted by atomic mass is 9.96. The summed E-state index contributed by atoms with van der Waals surface area (Å²) >= 11 is 0. The fourth-order valence-electron chi connectivity index (χ4n) is 2.56. The molecule has 0 radical (unpaired) electrons. The molecule has 0 spiro atoms. The Morgan fingerprint density at radius 1 is 1.32 bits per heavy atom. The van der Waals surface area contributed by atoms with Gasteiger partial charge in [-0.1, -0.05) is 0 Å². The number of carbonyl (C=O) groups excluding carboxylic acids is 1. The maximum Gasteiger partial charge on any atom is 0.277 e. The van der Waals surface area contributed by atoms with Gasteiger partial charge in [0.15, 0.2) is 0 Å². The number of pyridine rings is 1. The first-order valence-corrected chi connectivity index (χ1v) is 7.49. The highest BCUT2D eigenvalue weighted by molar-refractivity contribution is 6.02. The predicted molar refractivity (Wildman–Crippen MR) is 83.8 cm³/mol. The summed E-state index contributed by atoms with van der Waals surface area (Å²) in [6.45, 7) is 3.94. The van der Waals surface area contributed by atoms with Crippen molar-refractivity contribution in [1.82, 2.24) is 20.3 Å². The zero-order valence-corrected chi connectivity index (χ0v) is 12.5. The third-order valence-corrected chi connectivity index (χ3v) is 3.78. The van der Waals surface area contributed by atoms with Gasteiger partial charge in [-0.05, 0) is 44.0 Å². The van der Waals surface area contributed by atoms with E-state index >= 15 is 0 Å². The molecular weight excluding hydrogens is 278 g/mol. The Kier molecular flexibility index (Phi) is 4.39. The van der Waals surface area contributed by atoms with Crippen LogP contribution in [-0.2, 0) is 0 Å². The van der Waals surface area contributed by atoms with Crippen molar-refractivity contribution in [3.8, 4) is 0 Å². The summed E-state index contributed by atoms with van der Waals surface area (Å²) in [7, 11) is 0. The van der Waals surface area contributed by atoms with Crippen molar-refractivity contribution in [2.24, 2.45) is 0 Å². The molecule has 114 valence electrons. The van der Waals surface area contributed by atoms with E-state index in [0.29, 0.717) is 17.4 Å². The molecule has 0 saturated carbocycles. The first kappa shape index (κ1) is 14.6. The number of carbonyl (C=O) groups is 1. The molecule has 1 aliphatic rings. The second-order valence-corrected chi connectivity index (χ2v) is 5.54. The van der Waals surface area contributed by atoms with E-state index in [1.807, 2.05) is 19.1 Å². The van der Waals surface area contributed by atoms with Gasteiger partial charge in [-0.2, -0.15) is 0 Å². The summed E-state index contributed by atoms with van der Waals surface area (Å²) in [5, 5.41) is 6.09. The van der Waals surface area contributed by atoms with Gasteiger partial charge >= 0.3 is 0 Å². The van der Waals surface area contributed by atoms with E-state index in [9.17, 15) is 4.79 Å². The minimum atomic E-state index is -0.293. The summed E-state index contributed by atoms with van der Waals surface area (Å²) in [6.07, 6.45) is 7.16.